The Morgan fingerprint density at radius 1 is 1.11 bits per heavy atom. The van der Waals surface area contributed by atoms with Gasteiger partial charge in [0, 0.05) is 24.8 Å². The minimum absolute atomic E-state index is 0.265. The van der Waals surface area contributed by atoms with Crippen molar-refractivity contribution in [1.82, 2.24) is 0 Å². The Labute approximate surface area is 113 Å². The topological polar surface area (TPSA) is 23.5 Å². The van der Waals surface area contributed by atoms with E-state index in [9.17, 15) is 9.50 Å². The van der Waals surface area contributed by atoms with Gasteiger partial charge in [0.2, 0.25) is 0 Å². The molecule has 0 atom stereocenters. The maximum absolute atomic E-state index is 13.3. The van der Waals surface area contributed by atoms with Crippen molar-refractivity contribution in [3.05, 3.63) is 58.9 Å². The van der Waals surface area contributed by atoms with Crippen molar-refractivity contribution in [2.75, 3.05) is 11.9 Å². The molecule has 0 heterocycles. The van der Waals surface area contributed by atoms with Crippen LogP contribution in [0.2, 0.25) is 0 Å². The molecule has 2 rings (SSSR count). The largest absolute Gasteiger partial charge is 0.505 e. The van der Waals surface area contributed by atoms with Gasteiger partial charge in [0.1, 0.15) is 0 Å². The number of para-hydroxylation sites is 1. The van der Waals surface area contributed by atoms with Crippen LogP contribution in [0.25, 0.3) is 0 Å². The number of phenols is 1. The molecule has 0 aliphatic rings. The first kappa shape index (κ1) is 13.4. The van der Waals surface area contributed by atoms with Crippen LogP contribution in [-0.4, -0.2) is 12.2 Å². The highest BCUT2D eigenvalue weighted by Gasteiger charge is 2.10. The zero-order valence-electron chi connectivity index (χ0n) is 11.4. The van der Waals surface area contributed by atoms with Crippen LogP contribution >= 0.6 is 0 Å². The molecular weight excluding hydrogens is 241 g/mol. The number of rotatable bonds is 3. The third-order valence-corrected chi connectivity index (χ3v) is 3.13. The third-order valence-electron chi connectivity index (χ3n) is 3.13. The molecule has 2 aromatic rings. The van der Waals surface area contributed by atoms with Crippen molar-refractivity contribution in [3.8, 4) is 5.75 Å². The number of halogens is 1. The van der Waals surface area contributed by atoms with Gasteiger partial charge in [0.25, 0.3) is 0 Å². The van der Waals surface area contributed by atoms with Gasteiger partial charge >= 0.3 is 0 Å². The van der Waals surface area contributed by atoms with Gasteiger partial charge in [0.15, 0.2) is 11.6 Å². The van der Waals surface area contributed by atoms with E-state index < -0.39 is 5.82 Å². The highest BCUT2D eigenvalue weighted by Crippen LogP contribution is 2.25. The van der Waals surface area contributed by atoms with Gasteiger partial charge in [-0.15, -0.1) is 0 Å². The van der Waals surface area contributed by atoms with Crippen molar-refractivity contribution >= 4 is 5.69 Å². The highest BCUT2D eigenvalue weighted by molar-refractivity contribution is 5.51. The first-order chi connectivity index (χ1) is 8.97. The van der Waals surface area contributed by atoms with Crippen molar-refractivity contribution in [2.45, 2.75) is 20.4 Å². The minimum atomic E-state index is -0.577. The molecule has 2 aromatic carbocycles. The summed E-state index contributed by atoms with van der Waals surface area (Å²) in [6.07, 6.45) is 0. The number of aryl methyl sites for hydroxylation is 2. The normalized spacial score (nSPS) is 10.5. The second-order valence-corrected chi connectivity index (χ2v) is 4.95. The minimum Gasteiger partial charge on any atom is -0.505 e. The summed E-state index contributed by atoms with van der Waals surface area (Å²) in [5, 5.41) is 9.70. The van der Waals surface area contributed by atoms with E-state index in [1.807, 2.05) is 25.8 Å². The van der Waals surface area contributed by atoms with Crippen molar-refractivity contribution in [1.29, 1.82) is 0 Å². The number of anilines is 1. The molecule has 0 saturated carbocycles. The third kappa shape index (κ3) is 3.05. The fourth-order valence-corrected chi connectivity index (χ4v) is 2.21. The Morgan fingerprint density at radius 2 is 1.74 bits per heavy atom. The predicted molar refractivity (Wildman–Crippen MR) is 76.1 cm³/mol. The van der Waals surface area contributed by atoms with E-state index in [0.29, 0.717) is 12.1 Å². The molecule has 3 heteroatoms. The van der Waals surface area contributed by atoms with Crippen LogP contribution < -0.4 is 4.90 Å². The van der Waals surface area contributed by atoms with E-state index in [0.717, 1.165) is 5.69 Å². The van der Waals surface area contributed by atoms with Gasteiger partial charge in [-0.05, 0) is 43.2 Å². The first-order valence-electron chi connectivity index (χ1n) is 6.23. The Balaban J connectivity index is 2.25. The van der Waals surface area contributed by atoms with Crippen LogP contribution in [0.1, 0.15) is 16.7 Å². The van der Waals surface area contributed by atoms with Crippen LogP contribution in [0.4, 0.5) is 10.1 Å². The summed E-state index contributed by atoms with van der Waals surface area (Å²) in [4.78, 5) is 1.99. The van der Waals surface area contributed by atoms with E-state index in [1.165, 1.54) is 17.2 Å². The Kier molecular flexibility index (Phi) is 3.74. The molecule has 0 unspecified atom stereocenters. The average molecular weight is 259 g/mol. The van der Waals surface area contributed by atoms with Crippen molar-refractivity contribution in [2.24, 2.45) is 0 Å². The summed E-state index contributed by atoms with van der Waals surface area (Å²) in [6.45, 7) is 4.56. The summed E-state index contributed by atoms with van der Waals surface area (Å²) in [6, 6.07) is 10.9. The molecular formula is C16H18FNO. The predicted octanol–water partition coefficient (Wildman–Crippen LogP) is 3.78. The van der Waals surface area contributed by atoms with Crippen LogP contribution in [0.3, 0.4) is 0 Å². The first-order valence-corrected chi connectivity index (χ1v) is 6.23. The van der Waals surface area contributed by atoms with E-state index in [4.69, 9.17) is 0 Å². The molecule has 0 aliphatic carbocycles. The lowest BCUT2D eigenvalue weighted by Gasteiger charge is -2.21. The molecule has 19 heavy (non-hydrogen) atoms. The van der Waals surface area contributed by atoms with Gasteiger partial charge < -0.3 is 10.0 Å². The van der Waals surface area contributed by atoms with E-state index in [1.54, 1.807) is 12.1 Å². The summed E-state index contributed by atoms with van der Waals surface area (Å²) in [5.41, 5.74) is 4.01. The van der Waals surface area contributed by atoms with E-state index in [-0.39, 0.29) is 5.75 Å². The lowest BCUT2D eigenvalue weighted by atomic mass is 10.1. The zero-order valence-corrected chi connectivity index (χ0v) is 11.4. The van der Waals surface area contributed by atoms with Gasteiger partial charge in [0.05, 0.1) is 0 Å². The maximum atomic E-state index is 13.3. The van der Waals surface area contributed by atoms with Gasteiger partial charge in [-0.3, -0.25) is 0 Å². The number of hydrogen-bond donors (Lipinski definition) is 1. The van der Waals surface area contributed by atoms with Gasteiger partial charge in [-0.2, -0.15) is 0 Å². The molecule has 1 N–H and O–H groups in total. The SMILES string of the molecule is Cc1cc(C)cc(N(C)Cc2cccc(F)c2O)c1. The molecule has 0 aliphatic heterocycles. The molecule has 0 radical (unpaired) electrons. The van der Waals surface area contributed by atoms with E-state index in [2.05, 4.69) is 18.2 Å². The quantitative estimate of drug-likeness (QED) is 0.906. The van der Waals surface area contributed by atoms with Crippen molar-refractivity contribution < 1.29 is 9.50 Å². The lowest BCUT2D eigenvalue weighted by Crippen LogP contribution is -2.16. The van der Waals surface area contributed by atoms with Gasteiger partial charge in [-0.25, -0.2) is 4.39 Å². The second-order valence-electron chi connectivity index (χ2n) is 4.95. The fraction of sp³-hybridized carbons (Fsp3) is 0.250. The molecule has 100 valence electrons. The summed E-state index contributed by atoms with van der Waals surface area (Å²) in [5.74, 6) is -0.843. The van der Waals surface area contributed by atoms with Crippen LogP contribution in [-0.2, 0) is 6.54 Å². The molecule has 2 nitrogen and oxygen atoms in total. The average Bonchev–Trinajstić information content (AvgIpc) is 2.33. The number of nitrogens with zero attached hydrogens (tertiary/aromatic N) is 1. The Bertz CT molecular complexity index is 575. The molecule has 0 spiro atoms. The van der Waals surface area contributed by atoms with Crippen LogP contribution in [0.15, 0.2) is 36.4 Å². The van der Waals surface area contributed by atoms with E-state index >= 15 is 0 Å². The maximum Gasteiger partial charge on any atom is 0.165 e. The van der Waals surface area contributed by atoms with Gasteiger partial charge in [-0.1, -0.05) is 18.2 Å². The lowest BCUT2D eigenvalue weighted by molar-refractivity contribution is 0.425. The smallest absolute Gasteiger partial charge is 0.165 e. The number of phenolic OH excluding ortho intramolecular Hbond substituents is 1. The summed E-state index contributed by atoms with van der Waals surface area (Å²) in [7, 11) is 1.93. The molecule has 0 saturated heterocycles. The monoisotopic (exact) mass is 259 g/mol. The van der Waals surface area contributed by atoms with Crippen LogP contribution in [0.5, 0.6) is 5.75 Å². The molecule has 0 aromatic heterocycles. The molecule has 0 fully saturated rings. The fourth-order valence-electron chi connectivity index (χ4n) is 2.21. The highest BCUT2D eigenvalue weighted by atomic mass is 19.1. The van der Waals surface area contributed by atoms with Crippen molar-refractivity contribution in [3.63, 3.8) is 0 Å². The Morgan fingerprint density at radius 3 is 2.37 bits per heavy atom. The van der Waals surface area contributed by atoms with Crippen LogP contribution in [0, 0.1) is 19.7 Å². The standard InChI is InChI=1S/C16H18FNO/c1-11-7-12(2)9-14(8-11)18(3)10-13-5-4-6-15(17)16(13)19/h4-9,19H,10H2,1-3H3. The number of aromatic hydroxyl groups is 1. The summed E-state index contributed by atoms with van der Waals surface area (Å²) < 4.78 is 13.3. The molecule has 0 bridgehead atoms. The molecule has 0 amide bonds. The Hall–Kier alpha value is -2.03. The second kappa shape index (κ2) is 5.31. The number of hydrogen-bond acceptors (Lipinski definition) is 2. The summed E-state index contributed by atoms with van der Waals surface area (Å²) >= 11 is 0. The number of benzene rings is 2. The zero-order chi connectivity index (χ0) is 14.0.